The van der Waals surface area contributed by atoms with Crippen LogP contribution < -0.4 is 11.1 Å². The second-order valence-electron chi connectivity index (χ2n) is 2.57. The molecule has 52 valence electrons. The molecule has 1 heterocycles. The van der Waals surface area contributed by atoms with Crippen LogP contribution in [-0.2, 0) is 4.79 Å². The van der Waals surface area contributed by atoms with Crippen molar-refractivity contribution in [1.29, 1.82) is 0 Å². The molecule has 0 bridgehead atoms. The highest BCUT2D eigenvalue weighted by Gasteiger charge is 2.23. The first-order valence-electron chi connectivity index (χ1n) is 3.19. The average molecular weight is 128 g/mol. The monoisotopic (exact) mass is 128 g/mol. The van der Waals surface area contributed by atoms with Crippen LogP contribution in [0.15, 0.2) is 0 Å². The van der Waals surface area contributed by atoms with Crippen molar-refractivity contribution in [3.05, 3.63) is 0 Å². The van der Waals surface area contributed by atoms with Crippen LogP contribution in [0, 0.1) is 0 Å². The third-order valence-electron chi connectivity index (χ3n) is 1.66. The number of ketones is 1. The number of carbonyl (C=O) groups is 1. The number of hydrogen-bond acceptors (Lipinski definition) is 3. The van der Waals surface area contributed by atoms with E-state index in [2.05, 4.69) is 5.32 Å². The Bertz CT molecular complexity index is 124. The summed E-state index contributed by atoms with van der Waals surface area (Å²) in [6.45, 7) is 2.37. The van der Waals surface area contributed by atoms with Gasteiger partial charge in [0.25, 0.3) is 0 Å². The topological polar surface area (TPSA) is 55.1 Å². The zero-order chi connectivity index (χ0) is 6.85. The van der Waals surface area contributed by atoms with Crippen LogP contribution in [0.4, 0.5) is 0 Å². The van der Waals surface area contributed by atoms with Crippen molar-refractivity contribution in [3.8, 4) is 0 Å². The Balaban J connectivity index is 2.39. The largest absolute Gasteiger partial charge is 0.326 e. The lowest BCUT2D eigenvalue weighted by Gasteiger charge is -2.02. The molecule has 0 radical (unpaired) electrons. The summed E-state index contributed by atoms with van der Waals surface area (Å²) in [7, 11) is 0. The molecule has 1 aliphatic heterocycles. The summed E-state index contributed by atoms with van der Waals surface area (Å²) in [5.74, 6) is 0.197. The van der Waals surface area contributed by atoms with Crippen molar-refractivity contribution in [2.45, 2.75) is 25.4 Å². The molecule has 1 aliphatic rings. The Kier molecular flexibility index (Phi) is 1.83. The zero-order valence-electron chi connectivity index (χ0n) is 5.55. The van der Waals surface area contributed by atoms with Gasteiger partial charge in [-0.2, -0.15) is 0 Å². The van der Waals surface area contributed by atoms with Crippen molar-refractivity contribution >= 4 is 5.78 Å². The van der Waals surface area contributed by atoms with E-state index in [9.17, 15) is 4.79 Å². The van der Waals surface area contributed by atoms with Crippen LogP contribution >= 0.6 is 0 Å². The van der Waals surface area contributed by atoms with Crippen molar-refractivity contribution in [3.63, 3.8) is 0 Å². The lowest BCUT2D eigenvalue weighted by Crippen LogP contribution is -2.28. The molecular formula is C6H12N2O. The Hall–Kier alpha value is -0.410. The molecule has 1 fully saturated rings. The lowest BCUT2D eigenvalue weighted by molar-refractivity contribution is -0.118. The molecule has 0 aromatic carbocycles. The summed E-state index contributed by atoms with van der Waals surface area (Å²) in [4.78, 5) is 10.7. The Morgan fingerprint density at radius 1 is 1.78 bits per heavy atom. The highest BCUT2D eigenvalue weighted by atomic mass is 16.1. The minimum absolute atomic E-state index is 0.0278. The van der Waals surface area contributed by atoms with Crippen molar-refractivity contribution in [2.24, 2.45) is 5.73 Å². The van der Waals surface area contributed by atoms with Crippen LogP contribution in [0.25, 0.3) is 0 Å². The number of nitrogens with one attached hydrogen (secondary N) is 1. The van der Waals surface area contributed by atoms with Gasteiger partial charge >= 0.3 is 0 Å². The van der Waals surface area contributed by atoms with Gasteiger partial charge in [0.2, 0.25) is 0 Å². The maximum Gasteiger partial charge on any atom is 0.146 e. The molecule has 2 atom stereocenters. The van der Waals surface area contributed by atoms with E-state index in [0.717, 1.165) is 13.0 Å². The molecule has 0 spiro atoms. The van der Waals surface area contributed by atoms with E-state index < -0.39 is 0 Å². The molecule has 9 heavy (non-hydrogen) atoms. The van der Waals surface area contributed by atoms with Crippen LogP contribution in [0.3, 0.4) is 0 Å². The lowest BCUT2D eigenvalue weighted by atomic mass is 10.1. The molecule has 0 aromatic heterocycles. The van der Waals surface area contributed by atoms with E-state index in [-0.39, 0.29) is 17.9 Å². The molecule has 1 unspecified atom stereocenters. The van der Waals surface area contributed by atoms with Gasteiger partial charge in [-0.25, -0.2) is 0 Å². The standard InChI is InChI=1S/C6H12N2O/c1-4(9)6-2-5(7)3-8-6/h5-6,8H,2-3,7H2,1H3/t5-,6?/m1/s1. The molecule has 0 aromatic rings. The average Bonchev–Trinajstić information content (AvgIpc) is 2.14. The Morgan fingerprint density at radius 2 is 2.44 bits per heavy atom. The van der Waals surface area contributed by atoms with Gasteiger partial charge in [-0.3, -0.25) is 4.79 Å². The molecular weight excluding hydrogens is 116 g/mol. The van der Waals surface area contributed by atoms with E-state index in [0.29, 0.717) is 0 Å². The fourth-order valence-electron chi connectivity index (χ4n) is 1.07. The molecule has 0 aliphatic carbocycles. The predicted molar refractivity (Wildman–Crippen MR) is 35.1 cm³/mol. The highest BCUT2D eigenvalue weighted by molar-refractivity contribution is 5.81. The van der Waals surface area contributed by atoms with Gasteiger partial charge in [-0.05, 0) is 13.3 Å². The minimum atomic E-state index is 0.0278. The van der Waals surface area contributed by atoms with Gasteiger partial charge in [0, 0.05) is 12.6 Å². The number of nitrogens with two attached hydrogens (primary N) is 1. The number of rotatable bonds is 1. The second-order valence-corrected chi connectivity index (χ2v) is 2.57. The first-order valence-corrected chi connectivity index (χ1v) is 3.19. The quantitative estimate of drug-likeness (QED) is 0.489. The molecule has 1 rings (SSSR count). The molecule has 3 N–H and O–H groups in total. The summed E-state index contributed by atoms with van der Waals surface area (Å²) in [6, 6.07) is 0.207. The van der Waals surface area contributed by atoms with Gasteiger partial charge in [0.1, 0.15) is 5.78 Å². The highest BCUT2D eigenvalue weighted by Crippen LogP contribution is 2.03. The van der Waals surface area contributed by atoms with Crippen LogP contribution in [-0.4, -0.2) is 24.4 Å². The third-order valence-corrected chi connectivity index (χ3v) is 1.66. The predicted octanol–water partition coefficient (Wildman–Crippen LogP) is -0.735. The second kappa shape index (κ2) is 2.45. The maximum atomic E-state index is 10.7. The van der Waals surface area contributed by atoms with E-state index >= 15 is 0 Å². The summed E-state index contributed by atoms with van der Waals surface area (Å²) < 4.78 is 0. The Labute approximate surface area is 54.6 Å². The Morgan fingerprint density at radius 3 is 2.67 bits per heavy atom. The number of Topliss-reactive ketones (excluding diaryl/α,β-unsaturated/α-hetero) is 1. The first kappa shape index (κ1) is 6.71. The summed E-state index contributed by atoms with van der Waals surface area (Å²) >= 11 is 0. The summed E-state index contributed by atoms with van der Waals surface area (Å²) in [5.41, 5.74) is 5.55. The molecule has 3 nitrogen and oxygen atoms in total. The first-order chi connectivity index (χ1) is 4.20. The van der Waals surface area contributed by atoms with Gasteiger partial charge in [0.05, 0.1) is 6.04 Å². The fourth-order valence-corrected chi connectivity index (χ4v) is 1.07. The molecule has 3 heteroatoms. The molecule has 0 saturated carbocycles. The van der Waals surface area contributed by atoms with E-state index in [4.69, 9.17) is 5.73 Å². The van der Waals surface area contributed by atoms with E-state index in [1.54, 1.807) is 6.92 Å². The minimum Gasteiger partial charge on any atom is -0.326 e. The van der Waals surface area contributed by atoms with Crippen LogP contribution in [0.1, 0.15) is 13.3 Å². The smallest absolute Gasteiger partial charge is 0.146 e. The SMILES string of the molecule is CC(=O)C1C[C@@H](N)CN1. The number of carbonyl (C=O) groups excluding carboxylic acids is 1. The van der Waals surface area contributed by atoms with Crippen molar-refractivity contribution in [2.75, 3.05) is 6.54 Å². The molecule has 0 amide bonds. The third kappa shape index (κ3) is 1.50. The van der Waals surface area contributed by atoms with E-state index in [1.807, 2.05) is 0 Å². The summed E-state index contributed by atoms with van der Waals surface area (Å²) in [6.07, 6.45) is 0.801. The van der Waals surface area contributed by atoms with Gasteiger partial charge in [-0.15, -0.1) is 0 Å². The van der Waals surface area contributed by atoms with Crippen LogP contribution in [0.2, 0.25) is 0 Å². The fraction of sp³-hybridized carbons (Fsp3) is 0.833. The van der Waals surface area contributed by atoms with Gasteiger partial charge < -0.3 is 11.1 Å². The summed E-state index contributed by atoms with van der Waals surface area (Å²) in [5, 5.41) is 3.03. The normalized spacial score (nSPS) is 34.9. The maximum absolute atomic E-state index is 10.7. The van der Waals surface area contributed by atoms with Gasteiger partial charge in [-0.1, -0.05) is 0 Å². The van der Waals surface area contributed by atoms with Crippen molar-refractivity contribution in [1.82, 2.24) is 5.32 Å². The van der Waals surface area contributed by atoms with Crippen molar-refractivity contribution < 1.29 is 4.79 Å². The van der Waals surface area contributed by atoms with Crippen LogP contribution in [0.5, 0.6) is 0 Å². The molecule has 1 saturated heterocycles. The van der Waals surface area contributed by atoms with E-state index in [1.165, 1.54) is 0 Å². The zero-order valence-corrected chi connectivity index (χ0v) is 5.55. The van der Waals surface area contributed by atoms with Gasteiger partial charge in [0.15, 0.2) is 0 Å². The number of hydrogen-bond donors (Lipinski definition) is 2.